The minimum Gasteiger partial charge on any atom is -0.443 e. The highest BCUT2D eigenvalue weighted by Crippen LogP contribution is 2.19. The topological polar surface area (TPSA) is 68.5 Å². The smallest absolute Gasteiger partial charge is 0.415 e. The molecule has 88 valence electrons. The van der Waals surface area contributed by atoms with Crippen LogP contribution in [0, 0.1) is 0 Å². The Balaban J connectivity index is 2.83. The highest BCUT2D eigenvalue weighted by Gasteiger charge is 2.22. The summed E-state index contributed by atoms with van der Waals surface area (Å²) in [7, 11) is 1.58. The molecule has 1 rings (SSSR count). The van der Waals surface area contributed by atoms with E-state index in [9.17, 15) is 4.79 Å². The molecule has 16 heavy (non-hydrogen) atoms. The molecule has 0 fully saturated rings. The highest BCUT2D eigenvalue weighted by atomic mass is 16.6. The number of hydrogen-bond donors (Lipinski definition) is 1. The Bertz CT molecular complexity index is 385. The predicted molar refractivity (Wildman–Crippen MR) is 63.3 cm³/mol. The molecule has 0 aromatic carbocycles. The number of anilines is 2. The second-order valence-corrected chi connectivity index (χ2v) is 4.46. The maximum atomic E-state index is 11.7. The number of nitrogens with zero attached hydrogens (tertiary/aromatic N) is 2. The van der Waals surface area contributed by atoms with Crippen molar-refractivity contribution in [2.24, 2.45) is 0 Å². The Morgan fingerprint density at radius 3 is 2.62 bits per heavy atom. The van der Waals surface area contributed by atoms with Crippen LogP contribution >= 0.6 is 0 Å². The van der Waals surface area contributed by atoms with E-state index in [4.69, 9.17) is 10.5 Å². The molecular weight excluding hydrogens is 206 g/mol. The van der Waals surface area contributed by atoms with Gasteiger partial charge in [-0.25, -0.2) is 9.78 Å². The van der Waals surface area contributed by atoms with Crippen LogP contribution in [0.1, 0.15) is 20.8 Å². The van der Waals surface area contributed by atoms with Crippen molar-refractivity contribution in [1.29, 1.82) is 0 Å². The van der Waals surface area contributed by atoms with Gasteiger partial charge < -0.3 is 10.5 Å². The summed E-state index contributed by atoms with van der Waals surface area (Å²) in [5.41, 5.74) is 5.62. The van der Waals surface area contributed by atoms with Gasteiger partial charge >= 0.3 is 6.09 Å². The van der Waals surface area contributed by atoms with Crippen LogP contribution in [0.2, 0.25) is 0 Å². The molecule has 0 aliphatic carbocycles. The molecule has 0 bridgehead atoms. The average Bonchev–Trinajstić information content (AvgIpc) is 2.15. The zero-order chi connectivity index (χ0) is 12.3. The summed E-state index contributed by atoms with van der Waals surface area (Å²) in [5.74, 6) is 0.400. The Hall–Kier alpha value is -1.78. The molecule has 1 amide bonds. The number of nitrogens with two attached hydrogens (primary N) is 1. The maximum absolute atomic E-state index is 11.7. The standard InChI is InChI=1S/C11H17N3O2/c1-11(2,3)16-10(15)14(4)9-8(12)6-5-7-13-9/h5-7H,12H2,1-4H3. The van der Waals surface area contributed by atoms with Gasteiger partial charge in [0, 0.05) is 13.2 Å². The number of amides is 1. The molecule has 0 saturated carbocycles. The van der Waals surface area contributed by atoms with Crippen molar-refractivity contribution in [3.8, 4) is 0 Å². The van der Waals surface area contributed by atoms with Crippen molar-refractivity contribution < 1.29 is 9.53 Å². The van der Waals surface area contributed by atoms with Crippen LogP contribution in [0.5, 0.6) is 0 Å². The molecule has 0 spiro atoms. The monoisotopic (exact) mass is 223 g/mol. The van der Waals surface area contributed by atoms with E-state index < -0.39 is 11.7 Å². The minimum atomic E-state index is -0.533. The van der Waals surface area contributed by atoms with Crippen LogP contribution in [0.15, 0.2) is 18.3 Å². The van der Waals surface area contributed by atoms with Gasteiger partial charge in [-0.3, -0.25) is 4.90 Å². The van der Waals surface area contributed by atoms with Crippen LogP contribution in [0.4, 0.5) is 16.3 Å². The highest BCUT2D eigenvalue weighted by molar-refractivity contribution is 5.89. The van der Waals surface area contributed by atoms with Gasteiger partial charge in [0.15, 0.2) is 5.82 Å². The normalized spacial score (nSPS) is 11.0. The maximum Gasteiger partial charge on any atom is 0.415 e. The van der Waals surface area contributed by atoms with Gasteiger partial charge in [-0.15, -0.1) is 0 Å². The number of carbonyl (C=O) groups is 1. The van der Waals surface area contributed by atoms with Crippen molar-refractivity contribution in [3.05, 3.63) is 18.3 Å². The Labute approximate surface area is 95.2 Å². The van der Waals surface area contributed by atoms with Gasteiger partial charge in [-0.05, 0) is 32.9 Å². The van der Waals surface area contributed by atoms with E-state index in [-0.39, 0.29) is 0 Å². The zero-order valence-corrected chi connectivity index (χ0v) is 10.0. The van der Waals surface area contributed by atoms with E-state index in [1.807, 2.05) is 0 Å². The third-order valence-electron chi connectivity index (χ3n) is 1.80. The van der Waals surface area contributed by atoms with Gasteiger partial charge in [0.25, 0.3) is 0 Å². The zero-order valence-electron chi connectivity index (χ0n) is 10.0. The molecule has 2 N–H and O–H groups in total. The lowest BCUT2D eigenvalue weighted by Gasteiger charge is -2.24. The summed E-state index contributed by atoms with van der Waals surface area (Å²) in [4.78, 5) is 17.0. The fourth-order valence-corrected chi connectivity index (χ4v) is 1.11. The summed E-state index contributed by atoms with van der Waals surface area (Å²) in [6.45, 7) is 5.42. The van der Waals surface area contributed by atoms with E-state index >= 15 is 0 Å². The van der Waals surface area contributed by atoms with Crippen molar-refractivity contribution in [3.63, 3.8) is 0 Å². The lowest BCUT2D eigenvalue weighted by atomic mass is 10.2. The third-order valence-corrected chi connectivity index (χ3v) is 1.80. The number of aromatic nitrogens is 1. The molecule has 5 nitrogen and oxygen atoms in total. The summed E-state index contributed by atoms with van der Waals surface area (Å²) in [6, 6.07) is 3.39. The SMILES string of the molecule is CN(C(=O)OC(C)(C)C)c1ncccc1N. The van der Waals surface area contributed by atoms with Crippen molar-refractivity contribution >= 4 is 17.6 Å². The Morgan fingerprint density at radius 1 is 1.50 bits per heavy atom. The van der Waals surface area contributed by atoms with Crippen LogP contribution in [-0.2, 0) is 4.74 Å². The molecule has 0 atom stereocenters. The minimum absolute atomic E-state index is 0.400. The van der Waals surface area contributed by atoms with Crippen LogP contribution in [-0.4, -0.2) is 23.7 Å². The predicted octanol–water partition coefficient (Wildman–Crippen LogP) is 2.04. The van der Waals surface area contributed by atoms with E-state index in [1.54, 1.807) is 46.1 Å². The van der Waals surface area contributed by atoms with Crippen molar-refractivity contribution in [2.45, 2.75) is 26.4 Å². The molecular formula is C11H17N3O2. The Kier molecular flexibility index (Phi) is 3.37. The number of hydrogen-bond acceptors (Lipinski definition) is 4. The lowest BCUT2D eigenvalue weighted by Crippen LogP contribution is -2.34. The van der Waals surface area contributed by atoms with E-state index in [0.717, 1.165) is 0 Å². The fraction of sp³-hybridized carbons (Fsp3) is 0.455. The molecule has 0 aliphatic heterocycles. The fourth-order valence-electron chi connectivity index (χ4n) is 1.11. The van der Waals surface area contributed by atoms with Gasteiger partial charge in [-0.2, -0.15) is 0 Å². The quantitative estimate of drug-likeness (QED) is 0.791. The van der Waals surface area contributed by atoms with E-state index in [1.165, 1.54) is 4.90 Å². The van der Waals surface area contributed by atoms with Gasteiger partial charge in [0.2, 0.25) is 0 Å². The van der Waals surface area contributed by atoms with E-state index in [2.05, 4.69) is 4.98 Å². The van der Waals surface area contributed by atoms with Gasteiger partial charge in [-0.1, -0.05) is 0 Å². The van der Waals surface area contributed by atoms with Crippen LogP contribution < -0.4 is 10.6 Å². The largest absolute Gasteiger partial charge is 0.443 e. The van der Waals surface area contributed by atoms with Crippen LogP contribution in [0.3, 0.4) is 0 Å². The molecule has 1 heterocycles. The van der Waals surface area contributed by atoms with E-state index in [0.29, 0.717) is 11.5 Å². The van der Waals surface area contributed by atoms with Gasteiger partial charge in [0.05, 0.1) is 5.69 Å². The molecule has 0 unspecified atom stereocenters. The molecule has 0 saturated heterocycles. The molecule has 0 aliphatic rings. The first-order valence-electron chi connectivity index (χ1n) is 4.98. The number of carbonyl (C=O) groups excluding carboxylic acids is 1. The third kappa shape index (κ3) is 3.12. The van der Waals surface area contributed by atoms with Gasteiger partial charge in [0.1, 0.15) is 5.60 Å². The molecule has 1 aromatic heterocycles. The second kappa shape index (κ2) is 4.38. The lowest BCUT2D eigenvalue weighted by molar-refractivity contribution is 0.0588. The summed E-state index contributed by atoms with van der Waals surface area (Å²) in [6.07, 6.45) is 1.10. The first-order valence-corrected chi connectivity index (χ1v) is 4.98. The number of pyridine rings is 1. The number of ether oxygens (including phenoxy) is 1. The molecule has 1 aromatic rings. The van der Waals surface area contributed by atoms with Crippen molar-refractivity contribution in [2.75, 3.05) is 17.7 Å². The summed E-state index contributed by atoms with van der Waals surface area (Å²) < 4.78 is 5.20. The first kappa shape index (κ1) is 12.3. The summed E-state index contributed by atoms with van der Waals surface area (Å²) in [5, 5.41) is 0. The number of rotatable bonds is 1. The van der Waals surface area contributed by atoms with Crippen molar-refractivity contribution in [1.82, 2.24) is 4.98 Å². The number of nitrogen functional groups attached to an aromatic ring is 1. The molecule has 5 heteroatoms. The molecule has 0 radical (unpaired) electrons. The summed E-state index contributed by atoms with van der Waals surface area (Å²) >= 11 is 0. The average molecular weight is 223 g/mol. The first-order chi connectivity index (χ1) is 7.31. The second-order valence-electron chi connectivity index (χ2n) is 4.46. The Morgan fingerprint density at radius 2 is 2.12 bits per heavy atom. The van der Waals surface area contributed by atoms with Crippen LogP contribution in [0.25, 0.3) is 0 Å².